The van der Waals surface area contributed by atoms with Crippen LogP contribution in [0.25, 0.3) is 0 Å². The van der Waals surface area contributed by atoms with Gasteiger partial charge in [-0.2, -0.15) is 0 Å². The molecular weight excluding hydrogens is 300 g/mol. The largest absolute Gasteiger partial charge is 0.399 e. The molecule has 3 rings (SSSR count). The number of nitrogen functional groups attached to an aromatic ring is 4. The molecular formula is C18H20N6. The van der Waals surface area contributed by atoms with Gasteiger partial charge in [-0.3, -0.25) is 0 Å². The van der Waals surface area contributed by atoms with Crippen molar-refractivity contribution in [2.75, 3.05) is 33.6 Å². The van der Waals surface area contributed by atoms with Gasteiger partial charge in [0.05, 0.1) is 22.7 Å². The van der Waals surface area contributed by atoms with Gasteiger partial charge in [0.25, 0.3) is 0 Å². The van der Waals surface area contributed by atoms with Gasteiger partial charge in [-0.05, 0) is 60.7 Å². The first-order chi connectivity index (χ1) is 11.5. The maximum atomic E-state index is 6.14. The van der Waals surface area contributed by atoms with E-state index in [1.807, 2.05) is 48.5 Å². The summed E-state index contributed by atoms with van der Waals surface area (Å²) in [6, 6.07) is 18.4. The van der Waals surface area contributed by atoms with Gasteiger partial charge in [0.1, 0.15) is 0 Å². The van der Waals surface area contributed by atoms with Crippen molar-refractivity contribution in [1.82, 2.24) is 0 Å². The highest BCUT2D eigenvalue weighted by Crippen LogP contribution is 2.33. The zero-order valence-electron chi connectivity index (χ0n) is 13.1. The predicted molar refractivity (Wildman–Crippen MR) is 104 cm³/mol. The number of hydrogen-bond donors (Lipinski definition) is 6. The van der Waals surface area contributed by atoms with Crippen LogP contribution in [-0.4, -0.2) is 0 Å². The van der Waals surface area contributed by atoms with Gasteiger partial charge in [0.2, 0.25) is 0 Å². The average Bonchev–Trinajstić information content (AvgIpc) is 2.56. The van der Waals surface area contributed by atoms with E-state index in [0.29, 0.717) is 22.7 Å². The van der Waals surface area contributed by atoms with Crippen molar-refractivity contribution in [2.24, 2.45) is 0 Å². The molecule has 0 aliphatic heterocycles. The van der Waals surface area contributed by atoms with Crippen LogP contribution < -0.4 is 33.6 Å². The molecule has 0 bridgehead atoms. The van der Waals surface area contributed by atoms with E-state index < -0.39 is 0 Å². The lowest BCUT2D eigenvalue weighted by molar-refractivity contribution is 1.51. The molecule has 0 saturated heterocycles. The SMILES string of the molecule is Nc1ccc(Nc2cc(N)c(Nc3ccc(N)cc3)cc2N)cc1. The maximum Gasteiger partial charge on any atom is 0.0640 e. The molecule has 10 N–H and O–H groups in total. The molecule has 0 atom stereocenters. The first kappa shape index (κ1) is 15.4. The second kappa shape index (κ2) is 6.29. The highest BCUT2D eigenvalue weighted by Gasteiger charge is 2.07. The lowest BCUT2D eigenvalue weighted by Crippen LogP contribution is -2.02. The Morgan fingerprint density at radius 1 is 0.500 bits per heavy atom. The summed E-state index contributed by atoms with van der Waals surface area (Å²) in [5, 5.41) is 6.47. The van der Waals surface area contributed by atoms with E-state index in [1.165, 1.54) is 0 Å². The fourth-order valence-corrected chi connectivity index (χ4v) is 2.29. The highest BCUT2D eigenvalue weighted by atomic mass is 14.9. The molecule has 24 heavy (non-hydrogen) atoms. The second-order valence-electron chi connectivity index (χ2n) is 5.52. The van der Waals surface area contributed by atoms with Crippen LogP contribution in [0.4, 0.5) is 45.5 Å². The average molecular weight is 320 g/mol. The molecule has 3 aromatic rings. The molecule has 0 fully saturated rings. The van der Waals surface area contributed by atoms with E-state index in [1.54, 1.807) is 12.1 Å². The topological polar surface area (TPSA) is 128 Å². The van der Waals surface area contributed by atoms with Gasteiger partial charge in [0.15, 0.2) is 0 Å². The molecule has 0 radical (unpaired) electrons. The van der Waals surface area contributed by atoms with Gasteiger partial charge >= 0.3 is 0 Å². The molecule has 0 amide bonds. The Kier molecular flexibility index (Phi) is 4.03. The highest BCUT2D eigenvalue weighted by molar-refractivity contribution is 5.85. The smallest absolute Gasteiger partial charge is 0.0640 e. The quantitative estimate of drug-likeness (QED) is 0.408. The van der Waals surface area contributed by atoms with Gasteiger partial charge in [-0.15, -0.1) is 0 Å². The Morgan fingerprint density at radius 2 is 0.833 bits per heavy atom. The molecule has 3 aromatic carbocycles. The van der Waals surface area contributed by atoms with Gasteiger partial charge in [0, 0.05) is 22.7 Å². The summed E-state index contributed by atoms with van der Waals surface area (Å²) in [5.41, 5.74) is 29.5. The summed E-state index contributed by atoms with van der Waals surface area (Å²) >= 11 is 0. The third-order valence-corrected chi connectivity index (χ3v) is 3.60. The summed E-state index contributed by atoms with van der Waals surface area (Å²) in [6.07, 6.45) is 0. The van der Waals surface area contributed by atoms with Gasteiger partial charge in [-0.25, -0.2) is 0 Å². The number of benzene rings is 3. The van der Waals surface area contributed by atoms with Gasteiger partial charge in [-0.1, -0.05) is 0 Å². The van der Waals surface area contributed by atoms with Crippen molar-refractivity contribution in [1.29, 1.82) is 0 Å². The Morgan fingerprint density at radius 3 is 1.17 bits per heavy atom. The van der Waals surface area contributed by atoms with Crippen LogP contribution in [0.15, 0.2) is 60.7 Å². The van der Waals surface area contributed by atoms with E-state index in [9.17, 15) is 0 Å². The summed E-state index contributed by atoms with van der Waals surface area (Å²) in [5.74, 6) is 0. The Labute approximate surface area is 140 Å². The summed E-state index contributed by atoms with van der Waals surface area (Å²) < 4.78 is 0. The van der Waals surface area contributed by atoms with E-state index in [-0.39, 0.29) is 0 Å². The molecule has 6 nitrogen and oxygen atoms in total. The minimum absolute atomic E-state index is 0.582. The molecule has 0 unspecified atom stereocenters. The van der Waals surface area contributed by atoms with Crippen LogP contribution in [0.5, 0.6) is 0 Å². The zero-order chi connectivity index (χ0) is 17.1. The van der Waals surface area contributed by atoms with Crippen molar-refractivity contribution < 1.29 is 0 Å². The Bertz CT molecular complexity index is 767. The summed E-state index contributed by atoms with van der Waals surface area (Å²) in [4.78, 5) is 0. The second-order valence-corrected chi connectivity index (χ2v) is 5.52. The van der Waals surface area contributed by atoms with Crippen molar-refractivity contribution in [2.45, 2.75) is 0 Å². The molecule has 0 spiro atoms. The third kappa shape index (κ3) is 3.44. The number of rotatable bonds is 4. The van der Waals surface area contributed by atoms with Crippen LogP contribution in [-0.2, 0) is 0 Å². The molecule has 0 aliphatic carbocycles. The lowest BCUT2D eigenvalue weighted by Gasteiger charge is -2.15. The minimum Gasteiger partial charge on any atom is -0.399 e. The number of hydrogen-bond acceptors (Lipinski definition) is 6. The minimum atomic E-state index is 0.582. The van der Waals surface area contributed by atoms with Crippen LogP contribution in [0.2, 0.25) is 0 Å². The molecule has 0 aliphatic rings. The summed E-state index contributed by atoms with van der Waals surface area (Å²) in [6.45, 7) is 0. The monoisotopic (exact) mass is 320 g/mol. The molecule has 0 aromatic heterocycles. The van der Waals surface area contributed by atoms with E-state index >= 15 is 0 Å². The van der Waals surface area contributed by atoms with Crippen LogP contribution in [0.3, 0.4) is 0 Å². The normalized spacial score (nSPS) is 10.3. The van der Waals surface area contributed by atoms with Crippen molar-refractivity contribution in [3.8, 4) is 0 Å². The standard InChI is InChI=1S/C18H20N6/c19-11-1-5-13(6-2-11)23-17-9-16(22)18(10-15(17)21)24-14-7-3-12(20)4-8-14/h1-10,23-24H,19-22H2. The fraction of sp³-hybridized carbons (Fsp3) is 0. The first-order valence-corrected chi connectivity index (χ1v) is 7.45. The first-order valence-electron chi connectivity index (χ1n) is 7.45. The van der Waals surface area contributed by atoms with E-state index in [4.69, 9.17) is 22.9 Å². The zero-order valence-corrected chi connectivity index (χ0v) is 13.1. The Balaban J connectivity index is 1.82. The van der Waals surface area contributed by atoms with Crippen LogP contribution in [0, 0.1) is 0 Å². The molecule has 0 heterocycles. The number of nitrogens with two attached hydrogens (primary N) is 4. The van der Waals surface area contributed by atoms with E-state index in [2.05, 4.69) is 10.6 Å². The number of anilines is 8. The summed E-state index contributed by atoms with van der Waals surface area (Å²) in [7, 11) is 0. The fourth-order valence-electron chi connectivity index (χ4n) is 2.29. The van der Waals surface area contributed by atoms with Crippen LogP contribution >= 0.6 is 0 Å². The van der Waals surface area contributed by atoms with E-state index in [0.717, 1.165) is 22.7 Å². The maximum absolute atomic E-state index is 6.14. The molecule has 0 saturated carbocycles. The third-order valence-electron chi connectivity index (χ3n) is 3.60. The van der Waals surface area contributed by atoms with Crippen molar-refractivity contribution in [3.05, 3.63) is 60.7 Å². The number of nitrogens with one attached hydrogen (secondary N) is 2. The van der Waals surface area contributed by atoms with Gasteiger partial charge < -0.3 is 33.6 Å². The Hall–Kier alpha value is -3.54. The predicted octanol–water partition coefficient (Wildman–Crippen LogP) is 3.50. The van der Waals surface area contributed by atoms with Crippen molar-refractivity contribution in [3.63, 3.8) is 0 Å². The lowest BCUT2D eigenvalue weighted by atomic mass is 10.2. The molecule has 6 heteroatoms. The molecule has 122 valence electrons. The van der Waals surface area contributed by atoms with Crippen LogP contribution in [0.1, 0.15) is 0 Å². The van der Waals surface area contributed by atoms with Crippen molar-refractivity contribution >= 4 is 45.5 Å².